The van der Waals surface area contributed by atoms with Gasteiger partial charge in [-0.1, -0.05) is 11.6 Å². The summed E-state index contributed by atoms with van der Waals surface area (Å²) in [5, 5.41) is 2.40. The first-order valence-electron chi connectivity index (χ1n) is 2.77. The van der Waals surface area contributed by atoms with Crippen molar-refractivity contribution in [2.75, 3.05) is 0 Å². The maximum atomic E-state index is 9.67. The molecule has 0 aliphatic carbocycles. The molecule has 1 N–H and O–H groups in total. The van der Waals surface area contributed by atoms with Crippen LogP contribution in [0.25, 0.3) is 0 Å². The van der Waals surface area contributed by atoms with Gasteiger partial charge in [0.15, 0.2) is 0 Å². The summed E-state index contributed by atoms with van der Waals surface area (Å²) in [6, 6.07) is 0. The number of allylic oxidation sites excluding steroid dienone is 3. The van der Waals surface area contributed by atoms with Gasteiger partial charge in [-0.25, -0.2) is 0 Å². The van der Waals surface area contributed by atoms with Gasteiger partial charge < -0.3 is 5.32 Å². The highest BCUT2D eigenvalue weighted by Crippen LogP contribution is 1.86. The number of rotatable bonds is 3. The van der Waals surface area contributed by atoms with Crippen molar-refractivity contribution >= 4 is 6.41 Å². The van der Waals surface area contributed by atoms with E-state index in [2.05, 4.69) is 5.32 Å². The Kier molecular flexibility index (Phi) is 4.50. The van der Waals surface area contributed by atoms with Gasteiger partial charge in [-0.15, -0.1) is 0 Å². The lowest BCUT2D eigenvalue weighted by Crippen LogP contribution is -1.97. The van der Waals surface area contributed by atoms with Crippen LogP contribution in [0.5, 0.6) is 0 Å². The van der Waals surface area contributed by atoms with E-state index >= 15 is 0 Å². The molecule has 0 saturated heterocycles. The van der Waals surface area contributed by atoms with Crippen LogP contribution in [0.3, 0.4) is 0 Å². The van der Waals surface area contributed by atoms with Crippen molar-refractivity contribution in [1.29, 1.82) is 0 Å². The standard InChI is InChI=1S/C7H11NO/c1-7(2)4-3-5-8-6-9/h3-6H,1-2H3,(H,8,9)/b5-3-. The van der Waals surface area contributed by atoms with Crippen LogP contribution in [0.2, 0.25) is 0 Å². The Bertz CT molecular complexity index is 132. The molecule has 9 heavy (non-hydrogen) atoms. The number of hydrogen-bond acceptors (Lipinski definition) is 1. The fourth-order valence-corrected chi connectivity index (χ4v) is 0.335. The van der Waals surface area contributed by atoms with Crippen LogP contribution in [0.15, 0.2) is 23.9 Å². The van der Waals surface area contributed by atoms with Crippen LogP contribution in [-0.2, 0) is 4.79 Å². The van der Waals surface area contributed by atoms with Gasteiger partial charge in [0.05, 0.1) is 0 Å². The van der Waals surface area contributed by atoms with Crippen molar-refractivity contribution in [3.63, 3.8) is 0 Å². The summed E-state index contributed by atoms with van der Waals surface area (Å²) in [7, 11) is 0. The molecule has 1 amide bonds. The lowest BCUT2D eigenvalue weighted by atomic mass is 10.3. The molecule has 50 valence electrons. The van der Waals surface area contributed by atoms with Crippen LogP contribution >= 0.6 is 0 Å². The Morgan fingerprint density at radius 3 is 2.56 bits per heavy atom. The molecule has 0 spiro atoms. The zero-order chi connectivity index (χ0) is 7.11. The van der Waals surface area contributed by atoms with Gasteiger partial charge in [0.2, 0.25) is 6.41 Å². The molecule has 0 bridgehead atoms. The van der Waals surface area contributed by atoms with Gasteiger partial charge in [0, 0.05) is 6.20 Å². The first kappa shape index (κ1) is 7.95. The smallest absolute Gasteiger partial charge is 0.211 e. The minimum atomic E-state index is 0.634. The first-order valence-corrected chi connectivity index (χ1v) is 2.77. The van der Waals surface area contributed by atoms with Gasteiger partial charge in [-0.3, -0.25) is 4.79 Å². The van der Waals surface area contributed by atoms with E-state index in [0.717, 1.165) is 0 Å². The lowest BCUT2D eigenvalue weighted by Gasteiger charge is -1.82. The van der Waals surface area contributed by atoms with Crippen LogP contribution in [0, 0.1) is 0 Å². The van der Waals surface area contributed by atoms with E-state index in [4.69, 9.17) is 0 Å². The van der Waals surface area contributed by atoms with Gasteiger partial charge in [-0.2, -0.15) is 0 Å². The number of amides is 1. The molecule has 0 saturated carbocycles. The summed E-state index contributed by atoms with van der Waals surface area (Å²) < 4.78 is 0. The topological polar surface area (TPSA) is 29.1 Å². The summed E-state index contributed by atoms with van der Waals surface area (Å²) in [5.41, 5.74) is 1.21. The zero-order valence-corrected chi connectivity index (χ0v) is 5.72. The van der Waals surface area contributed by atoms with Crippen molar-refractivity contribution < 1.29 is 4.79 Å². The predicted molar refractivity (Wildman–Crippen MR) is 37.8 cm³/mol. The molecule has 0 radical (unpaired) electrons. The van der Waals surface area contributed by atoms with Gasteiger partial charge in [-0.05, 0) is 19.9 Å². The van der Waals surface area contributed by atoms with E-state index in [1.807, 2.05) is 19.9 Å². The average Bonchev–Trinajstić information content (AvgIpc) is 1.80. The fourth-order valence-electron chi connectivity index (χ4n) is 0.335. The third kappa shape index (κ3) is 6.95. The summed E-state index contributed by atoms with van der Waals surface area (Å²) >= 11 is 0. The molecule has 0 heterocycles. The Morgan fingerprint density at radius 2 is 2.11 bits per heavy atom. The van der Waals surface area contributed by atoms with Crippen LogP contribution in [0.1, 0.15) is 13.8 Å². The molecular formula is C7H11NO. The molecule has 0 aromatic carbocycles. The highest BCUT2D eigenvalue weighted by Gasteiger charge is 1.68. The van der Waals surface area contributed by atoms with Gasteiger partial charge >= 0.3 is 0 Å². The Labute approximate surface area is 55.3 Å². The van der Waals surface area contributed by atoms with Crippen molar-refractivity contribution in [3.05, 3.63) is 23.9 Å². The van der Waals surface area contributed by atoms with E-state index in [0.29, 0.717) is 6.41 Å². The zero-order valence-electron chi connectivity index (χ0n) is 5.72. The summed E-state index contributed by atoms with van der Waals surface area (Å²) in [4.78, 5) is 9.67. The third-order valence-corrected chi connectivity index (χ3v) is 0.690. The monoisotopic (exact) mass is 125 g/mol. The van der Waals surface area contributed by atoms with Gasteiger partial charge in [0.1, 0.15) is 0 Å². The molecule has 0 atom stereocenters. The number of carbonyl (C=O) groups is 1. The number of hydrogen-bond donors (Lipinski definition) is 1. The predicted octanol–water partition coefficient (Wildman–Crippen LogP) is 1.21. The summed E-state index contributed by atoms with van der Waals surface area (Å²) in [5.74, 6) is 0. The van der Waals surface area contributed by atoms with Crippen molar-refractivity contribution in [2.24, 2.45) is 0 Å². The Morgan fingerprint density at radius 1 is 1.44 bits per heavy atom. The van der Waals surface area contributed by atoms with Crippen LogP contribution in [0.4, 0.5) is 0 Å². The highest BCUT2D eigenvalue weighted by molar-refractivity contribution is 5.47. The normalized spacial score (nSPS) is 9.11. The minimum absolute atomic E-state index is 0.634. The van der Waals surface area contributed by atoms with Crippen molar-refractivity contribution in [1.82, 2.24) is 5.32 Å². The van der Waals surface area contributed by atoms with Crippen molar-refractivity contribution in [2.45, 2.75) is 13.8 Å². The SMILES string of the molecule is CC(C)=C/C=C\NC=O. The first-order chi connectivity index (χ1) is 4.27. The second-order valence-electron chi connectivity index (χ2n) is 1.89. The molecule has 0 aromatic heterocycles. The van der Waals surface area contributed by atoms with Gasteiger partial charge in [0.25, 0.3) is 0 Å². The Hall–Kier alpha value is -1.05. The summed E-state index contributed by atoms with van der Waals surface area (Å²) in [6.45, 7) is 3.98. The second kappa shape index (κ2) is 5.09. The van der Waals surface area contributed by atoms with Crippen LogP contribution in [-0.4, -0.2) is 6.41 Å². The highest BCUT2D eigenvalue weighted by atomic mass is 16.1. The largest absolute Gasteiger partial charge is 0.335 e. The van der Waals surface area contributed by atoms with Crippen molar-refractivity contribution in [3.8, 4) is 0 Å². The maximum absolute atomic E-state index is 9.67. The number of nitrogens with one attached hydrogen (secondary N) is 1. The Balaban J connectivity index is 3.47. The molecular weight excluding hydrogens is 114 g/mol. The minimum Gasteiger partial charge on any atom is -0.335 e. The molecule has 0 fully saturated rings. The summed E-state index contributed by atoms with van der Waals surface area (Å²) in [6.07, 6.45) is 5.91. The molecule has 0 aliphatic heterocycles. The van der Waals surface area contributed by atoms with E-state index in [1.54, 1.807) is 12.3 Å². The second-order valence-corrected chi connectivity index (χ2v) is 1.89. The molecule has 0 unspecified atom stereocenters. The fraction of sp³-hybridized carbons (Fsp3) is 0.286. The van der Waals surface area contributed by atoms with Crippen LogP contribution < -0.4 is 5.32 Å². The molecule has 2 heteroatoms. The van der Waals surface area contributed by atoms with E-state index in [1.165, 1.54) is 5.57 Å². The molecule has 0 aliphatic rings. The number of carbonyl (C=O) groups excluding carboxylic acids is 1. The average molecular weight is 125 g/mol. The van der Waals surface area contributed by atoms with E-state index in [-0.39, 0.29) is 0 Å². The van der Waals surface area contributed by atoms with E-state index < -0.39 is 0 Å². The quantitative estimate of drug-likeness (QED) is 0.446. The maximum Gasteiger partial charge on any atom is 0.211 e. The lowest BCUT2D eigenvalue weighted by molar-refractivity contribution is -0.108. The third-order valence-electron chi connectivity index (χ3n) is 0.690. The molecule has 0 rings (SSSR count). The van der Waals surface area contributed by atoms with E-state index in [9.17, 15) is 4.79 Å². The molecule has 0 aromatic rings. The molecule has 2 nitrogen and oxygen atoms in total.